The molecule has 0 fully saturated rings. The Morgan fingerprint density at radius 3 is 1.98 bits per heavy atom. The Morgan fingerprint density at radius 1 is 0.860 bits per heavy atom. The number of aromatic amines is 1. The molecule has 6 atom stereocenters. The van der Waals surface area contributed by atoms with E-state index in [9.17, 15) is 43.8 Å². The van der Waals surface area contributed by atoms with Crippen molar-refractivity contribution < 1.29 is 43.8 Å². The highest BCUT2D eigenvalue weighted by Gasteiger charge is 2.29. The quantitative estimate of drug-likeness (QED) is 0.0669. The first kappa shape index (κ1) is 37.1. The minimum Gasteiger partial charge on any atom is -0.480 e. The molecule has 0 bridgehead atoms. The summed E-state index contributed by atoms with van der Waals surface area (Å²) < 4.78 is 0. The van der Waals surface area contributed by atoms with Crippen LogP contribution in [-0.2, 0) is 40.0 Å². The number of aliphatic carboxylic acids is 1. The lowest BCUT2D eigenvalue weighted by atomic mass is 10.1. The zero-order valence-electron chi connectivity index (χ0n) is 23.3. The van der Waals surface area contributed by atoms with Gasteiger partial charge in [0.2, 0.25) is 35.4 Å². The Balaban J connectivity index is 2.63. The van der Waals surface area contributed by atoms with Crippen LogP contribution in [0.25, 0.3) is 0 Å². The third-order valence-electron chi connectivity index (χ3n) is 5.64. The van der Waals surface area contributed by atoms with Crippen LogP contribution in [0.5, 0.6) is 0 Å². The van der Waals surface area contributed by atoms with E-state index in [1.807, 2.05) is 0 Å². The molecular formula is C23H37N9O9S2. The van der Waals surface area contributed by atoms with Crippen molar-refractivity contribution in [1.29, 1.82) is 0 Å². The lowest BCUT2D eigenvalue weighted by Crippen LogP contribution is -2.57. The smallest absolute Gasteiger partial charge is 0.327 e. The molecule has 0 aliphatic rings. The topological polar surface area (TPSA) is 287 Å². The van der Waals surface area contributed by atoms with E-state index in [0.29, 0.717) is 5.69 Å². The molecule has 0 saturated carbocycles. The fourth-order valence-corrected chi connectivity index (χ4v) is 3.65. The van der Waals surface area contributed by atoms with Gasteiger partial charge in [-0.05, 0) is 13.8 Å². The SMILES string of the molecule is C[C@H](NC(=O)CNC(=O)[C@@H](NC(=O)[C@@H](N)CS)[C@@H](C)O)C(=O)NCC(=O)N[C@@H](Cc1cnc[nH]1)C(=O)N[C@@H](CS)C(=O)O. The number of imidazole rings is 1. The zero-order chi connectivity index (χ0) is 32.7. The van der Waals surface area contributed by atoms with E-state index in [1.165, 1.54) is 26.4 Å². The Hall–Kier alpha value is -3.88. The van der Waals surface area contributed by atoms with Crippen LogP contribution in [0.15, 0.2) is 12.5 Å². The Kier molecular flexibility index (Phi) is 16.1. The van der Waals surface area contributed by atoms with Crippen LogP contribution >= 0.6 is 25.3 Å². The number of H-pyrrole nitrogens is 1. The second-order valence-corrected chi connectivity index (χ2v) is 9.95. The molecule has 0 aliphatic heterocycles. The average molecular weight is 648 g/mol. The van der Waals surface area contributed by atoms with Crippen LogP contribution in [0.3, 0.4) is 0 Å². The molecule has 1 heterocycles. The summed E-state index contributed by atoms with van der Waals surface area (Å²) in [4.78, 5) is 91.9. The van der Waals surface area contributed by atoms with Gasteiger partial charge in [-0.1, -0.05) is 0 Å². The molecule has 1 aromatic heterocycles. The fourth-order valence-electron chi connectivity index (χ4n) is 3.23. The van der Waals surface area contributed by atoms with E-state index in [1.54, 1.807) is 0 Å². The van der Waals surface area contributed by atoms with E-state index >= 15 is 0 Å². The maximum Gasteiger partial charge on any atom is 0.327 e. The number of carboxylic acid groups (broad SMARTS) is 1. The van der Waals surface area contributed by atoms with Gasteiger partial charge in [0.1, 0.15) is 24.2 Å². The molecule has 0 unspecified atom stereocenters. The van der Waals surface area contributed by atoms with Gasteiger partial charge in [-0.2, -0.15) is 25.3 Å². The van der Waals surface area contributed by atoms with Crippen molar-refractivity contribution in [2.75, 3.05) is 24.6 Å². The number of thiol groups is 2. The first-order chi connectivity index (χ1) is 20.2. The van der Waals surface area contributed by atoms with Crippen molar-refractivity contribution >= 4 is 66.7 Å². The zero-order valence-corrected chi connectivity index (χ0v) is 25.1. The highest BCUT2D eigenvalue weighted by molar-refractivity contribution is 7.80. The minimum atomic E-state index is -1.41. The van der Waals surface area contributed by atoms with Gasteiger partial charge in [0.15, 0.2) is 0 Å². The van der Waals surface area contributed by atoms with Gasteiger partial charge in [-0.3, -0.25) is 28.8 Å². The molecule has 18 nitrogen and oxygen atoms in total. The highest BCUT2D eigenvalue weighted by atomic mass is 32.1. The van der Waals surface area contributed by atoms with E-state index in [-0.39, 0.29) is 17.9 Å². The normalized spacial score (nSPS) is 14.9. The van der Waals surface area contributed by atoms with Gasteiger partial charge >= 0.3 is 5.97 Å². The molecule has 0 saturated heterocycles. The maximum absolute atomic E-state index is 12.7. The Morgan fingerprint density at radius 2 is 1.47 bits per heavy atom. The molecule has 1 rings (SSSR count). The predicted molar refractivity (Wildman–Crippen MR) is 157 cm³/mol. The van der Waals surface area contributed by atoms with Crippen molar-refractivity contribution in [1.82, 2.24) is 41.9 Å². The molecule has 6 amide bonds. The Bertz CT molecular complexity index is 1140. The lowest BCUT2D eigenvalue weighted by Gasteiger charge is -2.22. The van der Waals surface area contributed by atoms with Crippen LogP contribution in [-0.4, -0.2) is 123 Å². The lowest BCUT2D eigenvalue weighted by molar-refractivity contribution is -0.141. The third-order valence-corrected chi connectivity index (χ3v) is 6.40. The average Bonchev–Trinajstić information content (AvgIpc) is 3.47. The number of carbonyl (C=O) groups is 7. The summed E-state index contributed by atoms with van der Waals surface area (Å²) in [5, 5.41) is 32.7. The van der Waals surface area contributed by atoms with Gasteiger partial charge in [0, 0.05) is 29.8 Å². The maximum atomic E-state index is 12.7. The minimum absolute atomic E-state index is 0.00524. The molecule has 43 heavy (non-hydrogen) atoms. The number of aliphatic hydroxyl groups excluding tert-OH is 1. The van der Waals surface area contributed by atoms with Crippen molar-refractivity contribution in [3.63, 3.8) is 0 Å². The third kappa shape index (κ3) is 13.3. The van der Waals surface area contributed by atoms with Gasteiger partial charge < -0.3 is 52.8 Å². The molecule has 0 spiro atoms. The molecule has 0 aliphatic carbocycles. The molecular weight excluding hydrogens is 610 g/mol. The molecule has 240 valence electrons. The van der Waals surface area contributed by atoms with Crippen LogP contribution in [0, 0.1) is 0 Å². The van der Waals surface area contributed by atoms with Gasteiger partial charge in [-0.25, -0.2) is 9.78 Å². The number of aromatic nitrogens is 2. The van der Waals surface area contributed by atoms with Crippen molar-refractivity contribution in [2.24, 2.45) is 5.73 Å². The van der Waals surface area contributed by atoms with Crippen LogP contribution in [0.4, 0.5) is 0 Å². The van der Waals surface area contributed by atoms with Gasteiger partial charge in [0.05, 0.1) is 31.6 Å². The number of hydrogen-bond donors (Lipinski definition) is 12. The summed E-state index contributed by atoms with van der Waals surface area (Å²) in [6, 6.07) is -6.12. The number of hydrogen-bond acceptors (Lipinski definition) is 12. The monoisotopic (exact) mass is 647 g/mol. The van der Waals surface area contributed by atoms with Crippen molar-refractivity contribution in [3.8, 4) is 0 Å². The van der Waals surface area contributed by atoms with Crippen molar-refractivity contribution in [3.05, 3.63) is 18.2 Å². The standard InChI is InChI=1S/C23H37N9O9S2/c1-10(29-16(34)5-27-22(39)18(11(2)33)32-20(37)13(24)7-42)19(36)26-6-17(35)30-14(3-12-4-25-9-28-12)21(38)31-15(8-43)23(40)41/h4,9-11,13-15,18,33,42-43H,3,5-8,24H2,1-2H3,(H,25,28)(H,26,36)(H,27,39)(H,29,34)(H,30,35)(H,31,38)(H,32,37)(H,40,41)/t10-,11+,13-,14-,15-,18-/m0/s1. The molecule has 0 aromatic carbocycles. The summed E-state index contributed by atoms with van der Waals surface area (Å²) >= 11 is 7.77. The largest absolute Gasteiger partial charge is 0.480 e. The summed E-state index contributed by atoms with van der Waals surface area (Å²) in [6.45, 7) is 1.35. The number of carbonyl (C=O) groups excluding carboxylic acids is 6. The summed E-state index contributed by atoms with van der Waals surface area (Å²) in [5.41, 5.74) is 6.00. The number of nitrogens with two attached hydrogens (primary N) is 1. The van der Waals surface area contributed by atoms with E-state index < -0.39 is 90.8 Å². The first-order valence-electron chi connectivity index (χ1n) is 12.8. The number of carboxylic acids is 1. The summed E-state index contributed by atoms with van der Waals surface area (Å²) in [7, 11) is 0. The number of nitrogens with one attached hydrogen (secondary N) is 7. The second-order valence-electron chi connectivity index (χ2n) is 9.22. The number of nitrogens with zero attached hydrogens (tertiary/aromatic N) is 1. The molecule has 0 radical (unpaired) electrons. The van der Waals surface area contributed by atoms with Crippen LogP contribution < -0.4 is 37.6 Å². The molecule has 11 N–H and O–H groups in total. The highest BCUT2D eigenvalue weighted by Crippen LogP contribution is 2.01. The second kappa shape index (κ2) is 18.6. The Labute approximate surface area is 257 Å². The molecule has 1 aromatic rings. The van der Waals surface area contributed by atoms with Gasteiger partial charge in [-0.15, -0.1) is 0 Å². The predicted octanol–water partition coefficient (Wildman–Crippen LogP) is -5.20. The first-order valence-corrected chi connectivity index (χ1v) is 14.1. The van der Waals surface area contributed by atoms with Gasteiger partial charge in [0.25, 0.3) is 0 Å². The summed E-state index contributed by atoms with van der Waals surface area (Å²) in [6.07, 6.45) is 1.38. The number of aliphatic hydroxyl groups is 1. The summed E-state index contributed by atoms with van der Waals surface area (Å²) in [5.74, 6) is -6.30. The van der Waals surface area contributed by atoms with E-state index in [0.717, 1.165) is 0 Å². The van der Waals surface area contributed by atoms with Crippen LogP contribution in [0.2, 0.25) is 0 Å². The fraction of sp³-hybridized carbons (Fsp3) is 0.565. The number of rotatable bonds is 18. The number of amides is 6. The van der Waals surface area contributed by atoms with E-state index in [4.69, 9.17) is 5.73 Å². The van der Waals surface area contributed by atoms with Crippen LogP contribution in [0.1, 0.15) is 19.5 Å². The molecule has 20 heteroatoms. The van der Waals surface area contributed by atoms with E-state index in [2.05, 4.69) is 67.1 Å². The van der Waals surface area contributed by atoms with Crippen molar-refractivity contribution in [2.45, 2.75) is 56.6 Å².